The van der Waals surface area contributed by atoms with Crippen LogP contribution in [0.3, 0.4) is 0 Å². The van der Waals surface area contributed by atoms with E-state index in [1.807, 2.05) is 26.0 Å². The summed E-state index contributed by atoms with van der Waals surface area (Å²) in [6.07, 6.45) is -12.3. The first kappa shape index (κ1) is 28.6. The second-order valence-electron chi connectivity index (χ2n) is 9.82. The van der Waals surface area contributed by atoms with E-state index in [9.17, 15) is 31.1 Å². The number of nitrogens with zero attached hydrogens (tertiary/aromatic N) is 1. The van der Waals surface area contributed by atoms with Crippen LogP contribution in [0.15, 0.2) is 54.6 Å². The van der Waals surface area contributed by atoms with Crippen LogP contribution in [0.1, 0.15) is 60.6 Å². The highest BCUT2D eigenvalue weighted by molar-refractivity contribution is 6.33. The summed E-state index contributed by atoms with van der Waals surface area (Å²) in [5, 5.41) is 0.462. The summed E-state index contributed by atoms with van der Waals surface area (Å²) in [6, 6.07) is 11.0. The number of hydrogen-bond donors (Lipinski definition) is 1. The predicted molar refractivity (Wildman–Crippen MR) is 136 cm³/mol. The van der Waals surface area contributed by atoms with Crippen molar-refractivity contribution in [2.45, 2.75) is 57.7 Å². The number of amides is 1. The van der Waals surface area contributed by atoms with Gasteiger partial charge in [-0.15, -0.1) is 0 Å². The third kappa shape index (κ3) is 5.95. The maximum absolute atomic E-state index is 13.4. The molecular formula is C28H25ClF6N2O2. The number of benzene rings is 3. The molecule has 208 valence electrons. The van der Waals surface area contributed by atoms with Crippen LogP contribution >= 0.6 is 11.6 Å². The zero-order valence-corrected chi connectivity index (χ0v) is 21.9. The quantitative estimate of drug-likeness (QED) is 0.246. The highest BCUT2D eigenvalue weighted by Crippen LogP contribution is 2.42. The molecule has 2 N–H and O–H groups in total. The molecule has 4 rings (SSSR count). The summed E-state index contributed by atoms with van der Waals surface area (Å²) >= 11 is 6.51. The molecule has 0 spiro atoms. The smallest absolute Gasteiger partial charge is 0.416 e. The van der Waals surface area contributed by atoms with E-state index in [1.54, 1.807) is 24.3 Å². The zero-order chi connectivity index (χ0) is 28.9. The molecule has 0 bridgehead atoms. The SMILES string of the molecule is CC(C)c1ccc(Cl)c(-c2ccc(N)cc2CN2C(=O)O[C@H](c3cc(C(F)(F)F)cc(C(F)(F)F)c3)[C@@H]2C)c1. The summed E-state index contributed by atoms with van der Waals surface area (Å²) < 4.78 is 85.8. The van der Waals surface area contributed by atoms with E-state index >= 15 is 0 Å². The van der Waals surface area contributed by atoms with E-state index in [4.69, 9.17) is 22.1 Å². The molecule has 0 unspecified atom stereocenters. The summed E-state index contributed by atoms with van der Waals surface area (Å²) in [5.74, 6) is 0.210. The largest absolute Gasteiger partial charge is 0.439 e. The van der Waals surface area contributed by atoms with Crippen LogP contribution < -0.4 is 5.73 Å². The molecule has 0 aliphatic carbocycles. The average Bonchev–Trinajstić information content (AvgIpc) is 3.11. The molecule has 3 aromatic carbocycles. The van der Waals surface area contributed by atoms with Gasteiger partial charge in [-0.3, -0.25) is 4.90 Å². The van der Waals surface area contributed by atoms with E-state index in [-0.39, 0.29) is 18.5 Å². The zero-order valence-electron chi connectivity index (χ0n) is 21.1. The fraction of sp³-hybridized carbons (Fsp3) is 0.321. The Hall–Kier alpha value is -3.40. The molecule has 11 heteroatoms. The van der Waals surface area contributed by atoms with Gasteiger partial charge in [0.1, 0.15) is 6.10 Å². The normalized spacial score (nSPS) is 18.1. The molecule has 1 aliphatic rings. The van der Waals surface area contributed by atoms with Crippen molar-refractivity contribution in [2.24, 2.45) is 0 Å². The lowest BCUT2D eigenvalue weighted by molar-refractivity contribution is -0.143. The van der Waals surface area contributed by atoms with Crippen LogP contribution in [0.25, 0.3) is 11.1 Å². The van der Waals surface area contributed by atoms with Gasteiger partial charge < -0.3 is 10.5 Å². The van der Waals surface area contributed by atoms with Crippen LogP contribution in [0.5, 0.6) is 0 Å². The number of alkyl halides is 6. The Bertz CT molecular complexity index is 1370. The number of rotatable bonds is 5. The minimum absolute atomic E-state index is 0.0384. The van der Waals surface area contributed by atoms with Crippen LogP contribution in [0.2, 0.25) is 5.02 Å². The monoisotopic (exact) mass is 570 g/mol. The number of nitrogens with two attached hydrogens (primary N) is 1. The lowest BCUT2D eigenvalue weighted by Crippen LogP contribution is -2.31. The van der Waals surface area contributed by atoms with Gasteiger partial charge in [0.15, 0.2) is 0 Å². The topological polar surface area (TPSA) is 55.6 Å². The lowest BCUT2D eigenvalue weighted by Gasteiger charge is -2.24. The maximum atomic E-state index is 13.4. The van der Waals surface area contributed by atoms with E-state index in [2.05, 4.69) is 0 Å². The first-order chi connectivity index (χ1) is 18.1. The van der Waals surface area contributed by atoms with Crippen molar-refractivity contribution in [3.05, 3.63) is 87.4 Å². The summed E-state index contributed by atoms with van der Waals surface area (Å²) in [4.78, 5) is 14.1. The summed E-state index contributed by atoms with van der Waals surface area (Å²) in [7, 11) is 0. The minimum atomic E-state index is -5.03. The first-order valence-electron chi connectivity index (χ1n) is 12.0. The van der Waals surface area contributed by atoms with Crippen LogP contribution in [-0.2, 0) is 23.6 Å². The Labute approximate surface area is 226 Å². The molecule has 1 heterocycles. The van der Waals surface area contributed by atoms with E-state index in [1.165, 1.54) is 11.8 Å². The Kier molecular flexibility index (Phi) is 7.55. The molecule has 1 fully saturated rings. The molecular weight excluding hydrogens is 546 g/mol. The Morgan fingerprint density at radius 3 is 2.10 bits per heavy atom. The molecule has 39 heavy (non-hydrogen) atoms. The number of ether oxygens (including phenoxy) is 1. The average molecular weight is 571 g/mol. The second-order valence-corrected chi connectivity index (χ2v) is 10.2. The third-order valence-electron chi connectivity index (χ3n) is 6.75. The molecule has 4 nitrogen and oxygen atoms in total. The van der Waals surface area contributed by atoms with Crippen molar-refractivity contribution < 1.29 is 35.9 Å². The second kappa shape index (κ2) is 10.3. The van der Waals surface area contributed by atoms with Gasteiger partial charge in [0, 0.05) is 16.3 Å². The molecule has 0 saturated carbocycles. The van der Waals surface area contributed by atoms with Crippen LogP contribution in [-0.4, -0.2) is 17.0 Å². The van der Waals surface area contributed by atoms with Gasteiger partial charge in [-0.2, -0.15) is 26.3 Å². The minimum Gasteiger partial charge on any atom is -0.439 e. The number of carbonyl (C=O) groups is 1. The van der Waals surface area contributed by atoms with E-state index < -0.39 is 47.3 Å². The highest BCUT2D eigenvalue weighted by atomic mass is 35.5. The van der Waals surface area contributed by atoms with Crippen molar-refractivity contribution in [1.82, 2.24) is 4.90 Å². The fourth-order valence-corrected chi connectivity index (χ4v) is 4.82. The number of anilines is 1. The van der Waals surface area contributed by atoms with Gasteiger partial charge in [0.05, 0.1) is 23.7 Å². The number of halogens is 7. The van der Waals surface area contributed by atoms with Gasteiger partial charge in [-0.25, -0.2) is 4.79 Å². The van der Waals surface area contributed by atoms with Gasteiger partial charge in [0.2, 0.25) is 0 Å². The fourth-order valence-electron chi connectivity index (χ4n) is 4.60. The number of hydrogen-bond acceptors (Lipinski definition) is 3. The van der Waals surface area contributed by atoms with Crippen molar-refractivity contribution in [3.8, 4) is 11.1 Å². The Morgan fingerprint density at radius 2 is 1.54 bits per heavy atom. The molecule has 1 aliphatic heterocycles. The van der Waals surface area contributed by atoms with Gasteiger partial charge in [-0.05, 0) is 77.6 Å². The predicted octanol–water partition coefficient (Wildman–Crippen LogP) is 8.83. The maximum Gasteiger partial charge on any atom is 0.416 e. The van der Waals surface area contributed by atoms with Crippen LogP contribution in [0.4, 0.5) is 36.8 Å². The highest BCUT2D eigenvalue weighted by Gasteiger charge is 2.43. The van der Waals surface area contributed by atoms with E-state index in [0.29, 0.717) is 39.5 Å². The van der Waals surface area contributed by atoms with Crippen molar-refractivity contribution in [3.63, 3.8) is 0 Å². The molecule has 0 radical (unpaired) electrons. The first-order valence-corrected chi connectivity index (χ1v) is 12.4. The van der Waals surface area contributed by atoms with Gasteiger partial charge >= 0.3 is 18.4 Å². The molecule has 1 amide bonds. The Balaban J connectivity index is 1.72. The van der Waals surface area contributed by atoms with Crippen LogP contribution in [0, 0.1) is 0 Å². The summed E-state index contributed by atoms with van der Waals surface area (Å²) in [6.45, 7) is 5.49. The molecule has 2 atom stereocenters. The summed E-state index contributed by atoms with van der Waals surface area (Å²) in [5.41, 5.74) is 6.04. The number of cyclic esters (lactones) is 1. The third-order valence-corrected chi connectivity index (χ3v) is 7.08. The van der Waals surface area contributed by atoms with Crippen molar-refractivity contribution in [1.29, 1.82) is 0 Å². The van der Waals surface area contributed by atoms with Gasteiger partial charge in [0.25, 0.3) is 0 Å². The molecule has 3 aromatic rings. The van der Waals surface area contributed by atoms with Crippen molar-refractivity contribution >= 4 is 23.4 Å². The Morgan fingerprint density at radius 1 is 0.923 bits per heavy atom. The molecule has 0 aromatic heterocycles. The van der Waals surface area contributed by atoms with E-state index in [0.717, 1.165) is 5.56 Å². The molecule has 1 saturated heterocycles. The number of carbonyl (C=O) groups excluding carboxylic acids is 1. The standard InChI is InChI=1S/C28H25ClF6N2O2/c1-14(2)16-4-7-24(29)23(11-16)22-6-5-21(36)10-18(22)13-37-15(3)25(39-26(37)38)17-8-19(27(30,31)32)12-20(9-17)28(33,34)35/h4-12,14-15,25H,13,36H2,1-3H3/t15-,25-/m0/s1. The number of nitrogen functional groups attached to an aromatic ring is 1. The lowest BCUT2D eigenvalue weighted by atomic mass is 9.93. The van der Waals surface area contributed by atoms with Gasteiger partial charge in [-0.1, -0.05) is 37.6 Å². The van der Waals surface area contributed by atoms with Crippen molar-refractivity contribution in [2.75, 3.05) is 5.73 Å².